The number of hydrogen-bond donors (Lipinski definition) is 0. The van der Waals surface area contributed by atoms with E-state index in [9.17, 15) is 0 Å². The van der Waals surface area contributed by atoms with Gasteiger partial charge in [0.25, 0.3) is 0 Å². The van der Waals surface area contributed by atoms with Crippen molar-refractivity contribution in [1.82, 2.24) is 4.90 Å². The van der Waals surface area contributed by atoms with E-state index >= 15 is 0 Å². The number of unbranched alkanes of at least 4 members (excludes halogenated alkanes) is 2. The Morgan fingerprint density at radius 1 is 0.833 bits per heavy atom. The highest BCUT2D eigenvalue weighted by Crippen LogP contribution is 2.32. The summed E-state index contributed by atoms with van der Waals surface area (Å²) in [5.74, 6) is 1.95. The number of nitrogens with zero attached hydrogens (tertiary/aromatic N) is 1. The molecular formula is C17H35N. The summed E-state index contributed by atoms with van der Waals surface area (Å²) in [7, 11) is 0. The zero-order valence-electron chi connectivity index (χ0n) is 13.3. The van der Waals surface area contributed by atoms with Gasteiger partial charge in [0.05, 0.1) is 0 Å². The summed E-state index contributed by atoms with van der Waals surface area (Å²) in [6, 6.07) is 0.885. The van der Waals surface area contributed by atoms with Crippen molar-refractivity contribution in [3.05, 3.63) is 0 Å². The fourth-order valence-electron chi connectivity index (χ4n) is 3.59. The van der Waals surface area contributed by atoms with Gasteiger partial charge in [-0.3, -0.25) is 4.90 Å². The third kappa shape index (κ3) is 4.57. The zero-order valence-corrected chi connectivity index (χ0v) is 13.3. The third-order valence-corrected chi connectivity index (χ3v) is 4.95. The van der Waals surface area contributed by atoms with Crippen LogP contribution in [0.3, 0.4) is 0 Å². The van der Waals surface area contributed by atoms with Crippen LogP contribution in [0.15, 0.2) is 0 Å². The first-order valence-corrected chi connectivity index (χ1v) is 8.50. The van der Waals surface area contributed by atoms with Crippen LogP contribution in [0.4, 0.5) is 0 Å². The normalized spacial score (nSPS) is 25.2. The highest BCUT2D eigenvalue weighted by Gasteiger charge is 2.33. The van der Waals surface area contributed by atoms with E-state index in [2.05, 4.69) is 32.6 Å². The van der Waals surface area contributed by atoms with E-state index in [0.717, 1.165) is 17.9 Å². The van der Waals surface area contributed by atoms with Gasteiger partial charge in [-0.1, -0.05) is 66.2 Å². The minimum atomic E-state index is 0.885. The van der Waals surface area contributed by atoms with Crippen LogP contribution in [0.2, 0.25) is 0 Å². The molecule has 0 aromatic heterocycles. The molecule has 1 nitrogen and oxygen atoms in total. The standard InChI is InChI=1S/C17H35N/c1-5-9-11-17(12-10-6-2)18-13-15(7-3)16(8-4)14-18/h15-17H,5-14H2,1-4H3. The summed E-state index contributed by atoms with van der Waals surface area (Å²) < 4.78 is 0. The van der Waals surface area contributed by atoms with Crippen LogP contribution in [-0.4, -0.2) is 24.0 Å². The van der Waals surface area contributed by atoms with E-state index in [1.165, 1.54) is 64.5 Å². The molecule has 1 heterocycles. The second kappa shape index (κ2) is 8.96. The Labute approximate surface area is 115 Å². The molecule has 0 bridgehead atoms. The van der Waals surface area contributed by atoms with Gasteiger partial charge >= 0.3 is 0 Å². The SMILES string of the molecule is CCCCC(CCCC)N1CC(CC)C(CC)C1. The fraction of sp³-hybridized carbons (Fsp3) is 1.00. The lowest BCUT2D eigenvalue weighted by Crippen LogP contribution is -2.33. The quantitative estimate of drug-likeness (QED) is 0.552. The molecule has 1 fully saturated rings. The van der Waals surface area contributed by atoms with Crippen LogP contribution in [0.5, 0.6) is 0 Å². The molecule has 0 amide bonds. The highest BCUT2D eigenvalue weighted by molar-refractivity contribution is 4.86. The van der Waals surface area contributed by atoms with Crippen LogP contribution in [0.25, 0.3) is 0 Å². The largest absolute Gasteiger partial charge is 0.300 e. The van der Waals surface area contributed by atoms with E-state index < -0.39 is 0 Å². The maximum Gasteiger partial charge on any atom is 0.00954 e. The second-order valence-electron chi connectivity index (χ2n) is 6.23. The van der Waals surface area contributed by atoms with E-state index in [-0.39, 0.29) is 0 Å². The van der Waals surface area contributed by atoms with Crippen LogP contribution in [0.1, 0.15) is 79.1 Å². The topological polar surface area (TPSA) is 3.24 Å². The first-order chi connectivity index (χ1) is 8.76. The van der Waals surface area contributed by atoms with Crippen molar-refractivity contribution in [3.63, 3.8) is 0 Å². The third-order valence-electron chi connectivity index (χ3n) is 4.95. The van der Waals surface area contributed by atoms with E-state index in [0.29, 0.717) is 0 Å². The molecule has 1 rings (SSSR count). The number of likely N-dealkylation sites (tertiary alicyclic amines) is 1. The zero-order chi connectivity index (χ0) is 13.4. The molecule has 18 heavy (non-hydrogen) atoms. The Bertz CT molecular complexity index is 182. The van der Waals surface area contributed by atoms with E-state index in [1.54, 1.807) is 0 Å². The molecule has 1 aliphatic heterocycles. The van der Waals surface area contributed by atoms with Crippen LogP contribution >= 0.6 is 0 Å². The predicted molar refractivity (Wildman–Crippen MR) is 82.0 cm³/mol. The Hall–Kier alpha value is -0.0400. The van der Waals surface area contributed by atoms with Gasteiger partial charge < -0.3 is 0 Å². The molecule has 2 unspecified atom stereocenters. The smallest absolute Gasteiger partial charge is 0.00954 e. The van der Waals surface area contributed by atoms with Crippen LogP contribution < -0.4 is 0 Å². The van der Waals surface area contributed by atoms with Gasteiger partial charge in [-0.25, -0.2) is 0 Å². The molecule has 0 aromatic rings. The monoisotopic (exact) mass is 253 g/mol. The van der Waals surface area contributed by atoms with Gasteiger partial charge in [0, 0.05) is 19.1 Å². The van der Waals surface area contributed by atoms with Gasteiger partial charge in [0.1, 0.15) is 0 Å². The van der Waals surface area contributed by atoms with Gasteiger partial charge in [-0.2, -0.15) is 0 Å². The number of hydrogen-bond acceptors (Lipinski definition) is 1. The number of rotatable bonds is 9. The predicted octanol–water partition coefficient (Wildman–Crippen LogP) is 5.10. The first kappa shape index (κ1) is 16.0. The summed E-state index contributed by atoms with van der Waals surface area (Å²) in [5, 5.41) is 0. The van der Waals surface area contributed by atoms with Crippen molar-refractivity contribution in [2.75, 3.05) is 13.1 Å². The fourth-order valence-corrected chi connectivity index (χ4v) is 3.59. The Balaban J connectivity index is 2.51. The van der Waals surface area contributed by atoms with Gasteiger partial charge in [0.15, 0.2) is 0 Å². The van der Waals surface area contributed by atoms with Crippen molar-refractivity contribution < 1.29 is 0 Å². The van der Waals surface area contributed by atoms with Crippen molar-refractivity contribution >= 4 is 0 Å². The average Bonchev–Trinajstić information content (AvgIpc) is 2.82. The van der Waals surface area contributed by atoms with Crippen LogP contribution in [-0.2, 0) is 0 Å². The van der Waals surface area contributed by atoms with Gasteiger partial charge in [0.2, 0.25) is 0 Å². The molecule has 0 aliphatic carbocycles. The Morgan fingerprint density at radius 3 is 1.61 bits per heavy atom. The van der Waals surface area contributed by atoms with Gasteiger partial charge in [-0.05, 0) is 24.7 Å². The summed E-state index contributed by atoms with van der Waals surface area (Å²) in [4.78, 5) is 2.84. The molecular weight excluding hydrogens is 218 g/mol. The summed E-state index contributed by atoms with van der Waals surface area (Å²) in [6.45, 7) is 12.2. The molecule has 1 aliphatic rings. The lowest BCUT2D eigenvalue weighted by atomic mass is 9.92. The maximum atomic E-state index is 2.84. The molecule has 0 aromatic carbocycles. The summed E-state index contributed by atoms with van der Waals surface area (Å²) in [6.07, 6.45) is 11.2. The Kier molecular flexibility index (Phi) is 7.97. The highest BCUT2D eigenvalue weighted by atomic mass is 15.2. The first-order valence-electron chi connectivity index (χ1n) is 8.50. The van der Waals surface area contributed by atoms with Crippen molar-refractivity contribution in [1.29, 1.82) is 0 Å². The molecule has 0 spiro atoms. The summed E-state index contributed by atoms with van der Waals surface area (Å²) in [5.41, 5.74) is 0. The van der Waals surface area contributed by atoms with E-state index in [1.807, 2.05) is 0 Å². The van der Waals surface area contributed by atoms with Crippen molar-refractivity contribution in [3.8, 4) is 0 Å². The second-order valence-corrected chi connectivity index (χ2v) is 6.23. The molecule has 0 saturated carbocycles. The van der Waals surface area contributed by atoms with Crippen molar-refractivity contribution in [2.24, 2.45) is 11.8 Å². The van der Waals surface area contributed by atoms with Crippen molar-refractivity contribution in [2.45, 2.75) is 85.1 Å². The minimum absolute atomic E-state index is 0.885. The molecule has 108 valence electrons. The minimum Gasteiger partial charge on any atom is -0.300 e. The molecule has 1 heteroatoms. The molecule has 1 saturated heterocycles. The average molecular weight is 253 g/mol. The van der Waals surface area contributed by atoms with Crippen LogP contribution in [0, 0.1) is 11.8 Å². The molecule has 0 N–H and O–H groups in total. The maximum absolute atomic E-state index is 2.84. The van der Waals surface area contributed by atoms with Gasteiger partial charge in [-0.15, -0.1) is 0 Å². The lowest BCUT2D eigenvalue weighted by molar-refractivity contribution is 0.200. The van der Waals surface area contributed by atoms with E-state index in [4.69, 9.17) is 0 Å². The summed E-state index contributed by atoms with van der Waals surface area (Å²) >= 11 is 0. The molecule has 2 atom stereocenters. The molecule has 0 radical (unpaired) electrons. The lowest BCUT2D eigenvalue weighted by Gasteiger charge is -2.28. The Morgan fingerprint density at radius 2 is 1.28 bits per heavy atom.